The molecule has 4 aromatic rings. The van der Waals surface area contributed by atoms with Gasteiger partial charge in [0.1, 0.15) is 35.2 Å². The normalized spacial score (nSPS) is 16.5. The minimum Gasteiger partial charge on any atom is -0.463 e. The van der Waals surface area contributed by atoms with Gasteiger partial charge in [-0.3, -0.25) is 0 Å². The van der Waals surface area contributed by atoms with Crippen molar-refractivity contribution >= 4 is 48.1 Å². The molecule has 0 N–H and O–H groups in total. The number of benzene rings is 4. The van der Waals surface area contributed by atoms with Crippen LogP contribution in [0.15, 0.2) is 122 Å². The number of esters is 6. The predicted octanol–water partition coefficient (Wildman–Crippen LogP) is 6.72. The molecule has 0 saturated carbocycles. The molecule has 2 fully saturated rings. The number of carbonyl (C=O) groups excluding carboxylic acids is 8. The van der Waals surface area contributed by atoms with Gasteiger partial charge in [0.25, 0.3) is 0 Å². The summed E-state index contributed by atoms with van der Waals surface area (Å²) in [5.74, 6) is -3.35. The van der Waals surface area contributed by atoms with E-state index in [9.17, 15) is 38.4 Å². The van der Waals surface area contributed by atoms with E-state index >= 15 is 0 Å². The second kappa shape index (κ2) is 25.7. The summed E-state index contributed by atoms with van der Waals surface area (Å²) in [7, 11) is 0. The highest BCUT2D eigenvalue weighted by atomic mass is 16.7. The molecule has 6 rings (SSSR count). The Morgan fingerprint density at radius 2 is 0.700 bits per heavy atom. The molecule has 20 nitrogen and oxygen atoms in total. The third kappa shape index (κ3) is 15.3. The van der Waals surface area contributed by atoms with Gasteiger partial charge in [-0.2, -0.15) is 0 Å². The van der Waals surface area contributed by atoms with E-state index in [4.69, 9.17) is 56.8 Å². The first kappa shape index (κ1) is 51.0. The van der Waals surface area contributed by atoms with Gasteiger partial charge >= 0.3 is 48.1 Å². The monoisotopic (exact) mass is 966 g/mol. The third-order valence-electron chi connectivity index (χ3n) is 10.0. The summed E-state index contributed by atoms with van der Waals surface area (Å²) in [6.45, 7) is 6.98. The van der Waals surface area contributed by atoms with Gasteiger partial charge in [-0.25, -0.2) is 38.4 Å². The molecule has 2 aliphatic heterocycles. The smallest absolute Gasteiger partial charge is 0.463 e. The van der Waals surface area contributed by atoms with Gasteiger partial charge < -0.3 is 56.8 Å². The molecule has 0 bridgehead atoms. The van der Waals surface area contributed by atoms with Crippen LogP contribution in [0.5, 0.6) is 23.0 Å². The van der Waals surface area contributed by atoms with Crippen LogP contribution in [0.4, 0.5) is 9.59 Å². The second-order valence-corrected chi connectivity index (χ2v) is 14.9. The summed E-state index contributed by atoms with van der Waals surface area (Å²) in [4.78, 5) is 97.6. The molecule has 0 aromatic heterocycles. The lowest BCUT2D eigenvalue weighted by molar-refractivity contribution is -0.138. The first-order valence-electron chi connectivity index (χ1n) is 21.7. The average Bonchev–Trinajstić information content (AvgIpc) is 3.96. The van der Waals surface area contributed by atoms with Crippen LogP contribution in [0, 0.1) is 0 Å². The van der Waals surface area contributed by atoms with E-state index in [-0.39, 0.29) is 84.9 Å². The maximum Gasteiger partial charge on any atom is 0.513 e. The Morgan fingerprint density at radius 3 is 1.01 bits per heavy atom. The van der Waals surface area contributed by atoms with Gasteiger partial charge in [-0.15, -0.1) is 0 Å². The highest BCUT2D eigenvalue weighted by Gasteiger charge is 2.51. The van der Waals surface area contributed by atoms with Crippen molar-refractivity contribution in [2.45, 2.75) is 50.1 Å². The highest BCUT2D eigenvalue weighted by molar-refractivity contribution is 5.93. The average molecular weight is 967 g/mol. The molecule has 4 aromatic carbocycles. The van der Waals surface area contributed by atoms with Crippen LogP contribution in [-0.4, -0.2) is 112 Å². The fraction of sp³-hybridized carbons (Fsp3) is 0.280. The van der Waals surface area contributed by atoms with E-state index in [0.29, 0.717) is 25.7 Å². The maximum absolute atomic E-state index is 13.1. The topological polar surface area (TPSA) is 247 Å². The Kier molecular flexibility index (Phi) is 18.7. The second-order valence-electron chi connectivity index (χ2n) is 14.9. The van der Waals surface area contributed by atoms with Gasteiger partial charge in [0.2, 0.25) is 0 Å². The summed E-state index contributed by atoms with van der Waals surface area (Å²) in [5.41, 5.74) is 0.613. The minimum absolute atomic E-state index is 0.0198. The third-order valence-corrected chi connectivity index (χ3v) is 10.0. The SMILES string of the molecule is C=CC(=O)OCCCCOC(=O)Oc1ccc(C(=O)Oc2ccc(C(=O)O[C@@H]3COC4C3OC[C@H]4OC(=O)c3ccc(OC(=O)c4ccc(OC(=O)OCCCCOC(=O)C=C)cc4)cc3)cc2)cc1. The fourth-order valence-electron chi connectivity index (χ4n) is 6.44. The summed E-state index contributed by atoms with van der Waals surface area (Å²) in [6, 6.07) is 22.4. The molecule has 70 heavy (non-hydrogen) atoms. The lowest BCUT2D eigenvalue weighted by Crippen LogP contribution is -2.36. The standard InChI is InChI=1S/C50H46O20/c1-3-41(51)59-25-5-7-27-61-49(57)67-37-21-13-31(14-22-37)45(53)65-35-17-9-33(10-18-35)47(55)69-39-29-63-44-40(30-64-43(39)44)70-48(56)34-11-19-36(20-12-34)66-46(54)32-15-23-38(24-16-32)68-50(58)62-28-8-6-26-60-42(52)4-2/h3-4,9-24,39-40,43-44H,1-2,5-8,25-30H2/t39-,40-,43?,44?/m1/s1. The number of unbranched alkanes of at least 4 members (excludes halogenated alkanes) is 2. The number of hydrogen-bond donors (Lipinski definition) is 0. The van der Waals surface area contributed by atoms with E-state index in [2.05, 4.69) is 13.2 Å². The van der Waals surface area contributed by atoms with E-state index in [1.807, 2.05) is 0 Å². The van der Waals surface area contributed by atoms with Crippen molar-refractivity contribution in [1.82, 2.24) is 0 Å². The Hall–Kier alpha value is -8.36. The van der Waals surface area contributed by atoms with Crippen LogP contribution < -0.4 is 18.9 Å². The van der Waals surface area contributed by atoms with E-state index in [1.54, 1.807) is 0 Å². The molecule has 2 unspecified atom stereocenters. The Balaban J connectivity index is 0.876. The molecule has 2 aliphatic rings. The Bertz CT molecular complexity index is 2320. The van der Waals surface area contributed by atoms with Crippen molar-refractivity contribution in [3.05, 3.63) is 145 Å². The number of ether oxygens (including phenoxy) is 12. The van der Waals surface area contributed by atoms with Crippen molar-refractivity contribution in [3.63, 3.8) is 0 Å². The van der Waals surface area contributed by atoms with Crippen LogP contribution in [0.25, 0.3) is 0 Å². The van der Waals surface area contributed by atoms with Gasteiger partial charge in [-0.05, 0) is 123 Å². The zero-order valence-electron chi connectivity index (χ0n) is 37.4. The van der Waals surface area contributed by atoms with Crippen LogP contribution in [0.2, 0.25) is 0 Å². The van der Waals surface area contributed by atoms with Crippen LogP contribution >= 0.6 is 0 Å². The van der Waals surface area contributed by atoms with Crippen molar-refractivity contribution in [1.29, 1.82) is 0 Å². The molecule has 20 heteroatoms. The molecule has 0 spiro atoms. The molecule has 2 saturated heterocycles. The van der Waals surface area contributed by atoms with Crippen LogP contribution in [0.3, 0.4) is 0 Å². The molecule has 0 amide bonds. The van der Waals surface area contributed by atoms with Gasteiger partial charge in [0.15, 0.2) is 12.2 Å². The van der Waals surface area contributed by atoms with E-state index in [1.165, 1.54) is 97.1 Å². The minimum atomic E-state index is -0.945. The summed E-state index contributed by atoms with van der Waals surface area (Å²) < 4.78 is 63.7. The summed E-state index contributed by atoms with van der Waals surface area (Å²) >= 11 is 0. The van der Waals surface area contributed by atoms with Crippen molar-refractivity contribution in [2.75, 3.05) is 39.6 Å². The number of hydrogen-bond acceptors (Lipinski definition) is 20. The van der Waals surface area contributed by atoms with Gasteiger partial charge in [0.05, 0.1) is 61.9 Å². The summed E-state index contributed by atoms with van der Waals surface area (Å²) in [5, 5.41) is 0. The lowest BCUT2D eigenvalue weighted by atomic mass is 10.1. The zero-order chi connectivity index (χ0) is 49.8. The van der Waals surface area contributed by atoms with Crippen molar-refractivity contribution in [2.24, 2.45) is 0 Å². The van der Waals surface area contributed by atoms with E-state index in [0.717, 1.165) is 12.2 Å². The van der Waals surface area contributed by atoms with Crippen molar-refractivity contribution in [3.8, 4) is 23.0 Å². The quantitative estimate of drug-likeness (QED) is 0.0198. The maximum atomic E-state index is 13.1. The van der Waals surface area contributed by atoms with Crippen molar-refractivity contribution < 1.29 is 95.2 Å². The highest BCUT2D eigenvalue weighted by Crippen LogP contribution is 2.32. The molecule has 0 radical (unpaired) electrons. The Morgan fingerprint density at radius 1 is 0.414 bits per heavy atom. The number of fused-ring (bicyclic) bond motifs is 1. The van der Waals surface area contributed by atoms with Crippen LogP contribution in [0.1, 0.15) is 67.1 Å². The van der Waals surface area contributed by atoms with E-state index < -0.39 is 72.5 Å². The van der Waals surface area contributed by atoms with Crippen LogP contribution in [-0.2, 0) is 47.5 Å². The molecular formula is C50H46O20. The molecular weight excluding hydrogens is 921 g/mol. The largest absolute Gasteiger partial charge is 0.513 e. The first-order chi connectivity index (χ1) is 33.9. The molecule has 366 valence electrons. The predicted molar refractivity (Wildman–Crippen MR) is 238 cm³/mol. The molecule has 4 atom stereocenters. The van der Waals surface area contributed by atoms with Gasteiger partial charge in [0, 0.05) is 12.2 Å². The fourth-order valence-corrected chi connectivity index (χ4v) is 6.44. The lowest BCUT2D eigenvalue weighted by Gasteiger charge is -2.17. The molecule has 0 aliphatic carbocycles. The number of carbonyl (C=O) groups is 8. The number of rotatable bonds is 22. The Labute approximate surface area is 399 Å². The molecule has 2 heterocycles. The zero-order valence-corrected chi connectivity index (χ0v) is 37.4. The van der Waals surface area contributed by atoms with Gasteiger partial charge in [-0.1, -0.05) is 13.2 Å². The summed E-state index contributed by atoms with van der Waals surface area (Å²) in [6.07, 6.45) is -0.999. The first-order valence-corrected chi connectivity index (χ1v) is 21.7.